The Bertz CT molecular complexity index is 479. The minimum atomic E-state index is 0.531. The summed E-state index contributed by atoms with van der Waals surface area (Å²) in [5.41, 5.74) is 3.95. The smallest absolute Gasteiger partial charge is 0.0315 e. The van der Waals surface area contributed by atoms with Crippen LogP contribution in [0, 0.1) is 6.92 Å². The molecule has 1 unspecified atom stereocenters. The quantitative estimate of drug-likeness (QED) is 0.867. The average Bonchev–Trinajstić information content (AvgIpc) is 2.42. The number of nitrogens with zero attached hydrogens (tertiary/aromatic N) is 1. The summed E-state index contributed by atoms with van der Waals surface area (Å²) in [4.78, 5) is 4.16. The molecule has 0 radical (unpaired) electrons. The van der Waals surface area contributed by atoms with Gasteiger partial charge in [-0.05, 0) is 35.6 Å². The fourth-order valence-electron chi connectivity index (χ4n) is 2.00. The number of aryl methyl sites for hydroxylation is 1. The molecule has 0 aliphatic heterocycles. The van der Waals surface area contributed by atoms with Gasteiger partial charge in [-0.25, -0.2) is 0 Å². The Kier molecular flexibility index (Phi) is 4.48. The van der Waals surface area contributed by atoms with E-state index in [9.17, 15) is 0 Å². The highest BCUT2D eigenvalue weighted by Gasteiger charge is 2.04. The molecular formula is C16H20N2. The zero-order valence-corrected chi connectivity index (χ0v) is 11.1. The minimum Gasteiger partial charge on any atom is -0.312 e. The normalized spacial score (nSPS) is 12.3. The van der Waals surface area contributed by atoms with Crippen molar-refractivity contribution in [1.82, 2.24) is 10.3 Å². The summed E-state index contributed by atoms with van der Waals surface area (Å²) in [6.07, 6.45) is 3.78. The Labute approximate surface area is 109 Å². The van der Waals surface area contributed by atoms with E-state index in [1.807, 2.05) is 12.4 Å². The minimum absolute atomic E-state index is 0.531. The van der Waals surface area contributed by atoms with Gasteiger partial charge in [0.25, 0.3) is 0 Å². The van der Waals surface area contributed by atoms with E-state index in [4.69, 9.17) is 0 Å². The molecule has 1 N–H and O–H groups in total. The van der Waals surface area contributed by atoms with Crippen molar-refractivity contribution >= 4 is 0 Å². The van der Waals surface area contributed by atoms with Gasteiger partial charge in [0.1, 0.15) is 0 Å². The van der Waals surface area contributed by atoms with Crippen LogP contribution >= 0.6 is 0 Å². The van der Waals surface area contributed by atoms with Crippen molar-refractivity contribution in [1.29, 1.82) is 0 Å². The molecule has 1 aromatic carbocycles. The summed E-state index contributed by atoms with van der Waals surface area (Å²) in [7, 11) is 0. The predicted octanol–water partition coefficient (Wildman–Crippen LogP) is 3.28. The van der Waals surface area contributed by atoms with E-state index in [1.54, 1.807) is 0 Å². The second kappa shape index (κ2) is 6.31. The van der Waals surface area contributed by atoms with Crippen LogP contribution in [0.1, 0.15) is 29.5 Å². The summed E-state index contributed by atoms with van der Waals surface area (Å²) in [6.45, 7) is 6.24. The largest absolute Gasteiger partial charge is 0.312 e. The first-order chi connectivity index (χ1) is 8.77. The lowest BCUT2D eigenvalue weighted by Crippen LogP contribution is -2.20. The van der Waals surface area contributed by atoms with Gasteiger partial charge in [0.2, 0.25) is 0 Å². The van der Waals surface area contributed by atoms with Gasteiger partial charge in [-0.15, -0.1) is 0 Å². The Morgan fingerprint density at radius 1 is 1.17 bits per heavy atom. The van der Waals surface area contributed by atoms with E-state index in [1.165, 1.54) is 16.7 Å². The molecule has 0 bridgehead atoms. The predicted molar refractivity (Wildman–Crippen MR) is 75.5 cm³/mol. The number of hydrogen-bond donors (Lipinski definition) is 1. The molecular weight excluding hydrogens is 220 g/mol. The summed E-state index contributed by atoms with van der Waals surface area (Å²) < 4.78 is 0. The van der Waals surface area contributed by atoms with Crippen LogP contribution in [0.3, 0.4) is 0 Å². The molecule has 2 heteroatoms. The summed E-state index contributed by atoms with van der Waals surface area (Å²) >= 11 is 0. The van der Waals surface area contributed by atoms with Gasteiger partial charge < -0.3 is 5.32 Å². The van der Waals surface area contributed by atoms with Gasteiger partial charge >= 0.3 is 0 Å². The van der Waals surface area contributed by atoms with Crippen molar-refractivity contribution in [2.45, 2.75) is 26.3 Å². The third-order valence-electron chi connectivity index (χ3n) is 3.28. The lowest BCUT2D eigenvalue weighted by atomic mass is 10.0. The monoisotopic (exact) mass is 240 g/mol. The zero-order chi connectivity index (χ0) is 12.8. The van der Waals surface area contributed by atoms with E-state index in [0.717, 1.165) is 13.1 Å². The number of hydrogen-bond acceptors (Lipinski definition) is 2. The van der Waals surface area contributed by atoms with Crippen molar-refractivity contribution in [3.8, 4) is 0 Å². The van der Waals surface area contributed by atoms with E-state index < -0.39 is 0 Å². The van der Waals surface area contributed by atoms with Crippen molar-refractivity contribution in [3.05, 3.63) is 65.5 Å². The first-order valence-electron chi connectivity index (χ1n) is 6.42. The molecule has 0 aliphatic rings. The SMILES string of the molecule is Cc1ccncc1CNCC(C)c1ccccc1. The maximum absolute atomic E-state index is 4.16. The van der Waals surface area contributed by atoms with Crippen molar-refractivity contribution < 1.29 is 0 Å². The highest BCUT2D eigenvalue weighted by atomic mass is 14.9. The van der Waals surface area contributed by atoms with E-state index >= 15 is 0 Å². The highest BCUT2D eigenvalue weighted by Crippen LogP contribution is 2.13. The summed E-state index contributed by atoms with van der Waals surface area (Å²) in [5, 5.41) is 3.50. The zero-order valence-electron chi connectivity index (χ0n) is 11.1. The third-order valence-corrected chi connectivity index (χ3v) is 3.28. The van der Waals surface area contributed by atoms with Gasteiger partial charge in [-0.1, -0.05) is 37.3 Å². The number of benzene rings is 1. The number of rotatable bonds is 5. The molecule has 18 heavy (non-hydrogen) atoms. The molecule has 2 nitrogen and oxygen atoms in total. The lowest BCUT2D eigenvalue weighted by Gasteiger charge is -2.13. The van der Waals surface area contributed by atoms with Crippen LogP contribution in [0.2, 0.25) is 0 Å². The first kappa shape index (κ1) is 12.8. The van der Waals surface area contributed by atoms with Crippen LogP contribution in [0.4, 0.5) is 0 Å². The molecule has 0 spiro atoms. The molecule has 0 saturated carbocycles. The Morgan fingerprint density at radius 3 is 2.67 bits per heavy atom. The molecule has 1 aromatic heterocycles. The fourth-order valence-corrected chi connectivity index (χ4v) is 2.00. The van der Waals surface area contributed by atoms with E-state index in [2.05, 4.69) is 60.5 Å². The van der Waals surface area contributed by atoms with Crippen molar-refractivity contribution in [3.63, 3.8) is 0 Å². The molecule has 0 saturated heterocycles. The van der Waals surface area contributed by atoms with Gasteiger partial charge in [0.05, 0.1) is 0 Å². The van der Waals surface area contributed by atoms with Crippen LogP contribution in [0.25, 0.3) is 0 Å². The topological polar surface area (TPSA) is 24.9 Å². The van der Waals surface area contributed by atoms with E-state index in [0.29, 0.717) is 5.92 Å². The molecule has 0 fully saturated rings. The summed E-state index contributed by atoms with van der Waals surface area (Å²) in [5.74, 6) is 0.531. The molecule has 1 atom stereocenters. The first-order valence-corrected chi connectivity index (χ1v) is 6.42. The third kappa shape index (κ3) is 3.41. The van der Waals surface area contributed by atoms with Crippen LogP contribution in [0.15, 0.2) is 48.8 Å². The second-order valence-corrected chi connectivity index (χ2v) is 4.74. The van der Waals surface area contributed by atoms with Crippen LogP contribution in [-0.2, 0) is 6.54 Å². The van der Waals surface area contributed by atoms with Crippen molar-refractivity contribution in [2.24, 2.45) is 0 Å². The number of aromatic nitrogens is 1. The van der Waals surface area contributed by atoms with Crippen LogP contribution in [0.5, 0.6) is 0 Å². The Balaban J connectivity index is 1.84. The van der Waals surface area contributed by atoms with Gasteiger partial charge in [-0.3, -0.25) is 4.98 Å². The van der Waals surface area contributed by atoms with Crippen LogP contribution in [-0.4, -0.2) is 11.5 Å². The van der Waals surface area contributed by atoms with Gasteiger partial charge in [0.15, 0.2) is 0 Å². The molecule has 2 aromatic rings. The molecule has 1 heterocycles. The number of nitrogens with one attached hydrogen (secondary N) is 1. The second-order valence-electron chi connectivity index (χ2n) is 4.74. The Morgan fingerprint density at radius 2 is 1.94 bits per heavy atom. The van der Waals surface area contributed by atoms with Crippen LogP contribution < -0.4 is 5.32 Å². The standard InChI is InChI=1S/C16H20N2/c1-13-8-9-17-11-16(13)12-18-10-14(2)15-6-4-3-5-7-15/h3-9,11,14,18H,10,12H2,1-2H3. The van der Waals surface area contributed by atoms with Gasteiger partial charge in [0, 0.05) is 25.5 Å². The maximum atomic E-state index is 4.16. The highest BCUT2D eigenvalue weighted by molar-refractivity contribution is 5.22. The average molecular weight is 240 g/mol. The fraction of sp³-hybridized carbons (Fsp3) is 0.312. The molecule has 2 rings (SSSR count). The van der Waals surface area contributed by atoms with Crippen molar-refractivity contribution in [2.75, 3.05) is 6.54 Å². The molecule has 0 aliphatic carbocycles. The molecule has 0 amide bonds. The Hall–Kier alpha value is -1.67. The van der Waals surface area contributed by atoms with Gasteiger partial charge in [-0.2, -0.15) is 0 Å². The molecule has 94 valence electrons. The number of pyridine rings is 1. The lowest BCUT2D eigenvalue weighted by molar-refractivity contribution is 0.613. The summed E-state index contributed by atoms with van der Waals surface area (Å²) in [6, 6.07) is 12.7. The maximum Gasteiger partial charge on any atom is 0.0315 e. The van der Waals surface area contributed by atoms with E-state index in [-0.39, 0.29) is 0 Å².